The van der Waals surface area contributed by atoms with E-state index in [1.165, 1.54) is 90.4 Å². The molecule has 6 aromatic rings. The number of para-hydroxylation sites is 1. The number of aromatic hydroxyl groups is 1. The second-order valence-electron chi connectivity index (χ2n) is 37.7. The first-order valence-electron chi connectivity index (χ1n) is 46.0. The summed E-state index contributed by atoms with van der Waals surface area (Å²) in [5.41, 5.74) is 12.5. The lowest BCUT2D eigenvalue weighted by Crippen LogP contribution is -2.82. The number of aliphatic hydroxyl groups excluding tert-OH is 1. The topological polar surface area (TPSA) is 573 Å². The molecule has 2 bridgehead atoms. The van der Waals surface area contributed by atoms with Crippen LogP contribution in [-0.4, -0.2) is 267 Å². The molecule has 38 nitrogen and oxygen atoms in total. The van der Waals surface area contributed by atoms with Crippen molar-refractivity contribution < 1.29 is 125 Å². The third-order valence-electron chi connectivity index (χ3n) is 26.0. The minimum atomic E-state index is -2.47. The first-order chi connectivity index (χ1) is 66.3. The van der Waals surface area contributed by atoms with Gasteiger partial charge in [0.1, 0.15) is 96.3 Å². The first kappa shape index (κ1) is 109. The van der Waals surface area contributed by atoms with Crippen molar-refractivity contribution in [2.75, 3.05) is 51.2 Å². The number of methoxy groups -OCH3 is 2. The molecule has 2 aliphatic heterocycles. The minimum absolute atomic E-state index is 0.000540. The maximum absolute atomic E-state index is 16.2. The molecule has 140 heavy (non-hydrogen) atoms. The summed E-state index contributed by atoms with van der Waals surface area (Å²) in [4.78, 5) is 211. The fraction of sp³-hybridized carbons (Fsp3) is 0.510. The molecule has 2 saturated heterocycles. The highest BCUT2D eigenvalue weighted by Crippen LogP contribution is 2.65. The van der Waals surface area contributed by atoms with Crippen LogP contribution in [0, 0.1) is 16.7 Å². The average Bonchev–Trinajstić information content (AvgIpc) is 0.681. The van der Waals surface area contributed by atoms with Crippen LogP contribution in [0.1, 0.15) is 147 Å². The maximum Gasteiger partial charge on any atom is 0.509 e. The number of nitrogens with one attached hydrogen (secondary N) is 9. The lowest BCUT2D eigenvalue weighted by Gasteiger charge is -2.67. The molecule has 2 saturated carbocycles. The Morgan fingerprint density at radius 3 is 1.96 bits per heavy atom. The Balaban J connectivity index is 0.859. The number of hydrogen-bond donors (Lipinski definition) is 15. The normalized spacial score (nSPS) is 26.4. The number of esters is 3. The second kappa shape index (κ2) is 47.5. The second-order valence-corrected chi connectivity index (χ2v) is 43.3. The average molecular weight is 2020 g/mol. The Bertz CT molecular complexity index is 5480. The molecule has 758 valence electrons. The Hall–Kier alpha value is -11.3. The van der Waals surface area contributed by atoms with Gasteiger partial charge in [-0.2, -0.15) is 0 Å². The standard InChI is InChI=1S/C98H126N12O26S4/c1-52-69(47-98(127)80(134-89(123)58-31-21-16-22-32-58)77-96(11,79(114)75(129-13)72(52)94(98,7)8)70(128-12)46-71-97(77,51-131-71)135-54(3)112)132-90(124)76(74(57-29-19-15-20-30-57)109-91(125)136-93(4,5)6)133-92(126)130-41-42-137-140-95(9,10)78(81(101)115)110-87(121)68-50-139-138-49-67(106-82(116)62(100)43-55-27-17-14-18-28-55)86(120)104-65(44-56-36-38-60(113)39-37-56)84(118)105-66(45-59-48-102-63-34-24-23-33-61(59)63)85(119)103-64(35-25-26-40-99)83(117)108-73(53(2)111)88(122)107-68/h14-24,27-34,36-39,48,53,62,64-71,73-78,80,102,111,113,127H,25-26,35,40-47,49-51,99-100H2,1-13H3,(H2,101,115)(H,103,119)(H,104,120)(H,105,118)(H,106,116)(H,107,122)(H,108,117)(H,109,125)(H,110,121)/t53-,62-,64+,65+,66-,67+,68+,69?,70+,71-,73+,74+,75-,76-,77+,78-,80+,96-,97+,98-/m1/s1. The van der Waals surface area contributed by atoms with Gasteiger partial charge in [0.2, 0.25) is 53.4 Å². The van der Waals surface area contributed by atoms with Gasteiger partial charge < -0.3 is 123 Å². The first-order valence-corrected chi connectivity index (χ1v) is 50.8. The molecule has 3 heterocycles. The summed E-state index contributed by atoms with van der Waals surface area (Å²) in [7, 11) is 6.43. The summed E-state index contributed by atoms with van der Waals surface area (Å²) in [6, 6.07) is 23.1. The van der Waals surface area contributed by atoms with Crippen molar-refractivity contribution in [3.05, 3.63) is 185 Å². The van der Waals surface area contributed by atoms with Crippen LogP contribution >= 0.6 is 43.2 Å². The molecule has 0 spiro atoms. The molecular weight excluding hydrogens is 1890 g/mol. The number of phenols is 1. The molecule has 42 heteroatoms. The van der Waals surface area contributed by atoms with Crippen molar-refractivity contribution in [3.8, 4) is 5.75 Å². The van der Waals surface area contributed by atoms with Gasteiger partial charge in [0.25, 0.3) is 0 Å². The molecule has 5 aliphatic rings. The zero-order chi connectivity index (χ0) is 102. The third kappa shape index (κ3) is 26.0. The zero-order valence-corrected chi connectivity index (χ0v) is 83.4. The van der Waals surface area contributed by atoms with Gasteiger partial charge in [-0.15, -0.1) is 0 Å². The van der Waals surface area contributed by atoms with Gasteiger partial charge in [-0.3, -0.25) is 47.9 Å². The van der Waals surface area contributed by atoms with Gasteiger partial charge in [-0.1, -0.05) is 166 Å². The van der Waals surface area contributed by atoms with Gasteiger partial charge in [0.05, 0.1) is 41.8 Å². The van der Waals surface area contributed by atoms with E-state index < -0.39 is 237 Å². The van der Waals surface area contributed by atoms with Crippen LogP contribution in [0.25, 0.3) is 10.9 Å². The molecule has 1 unspecified atom stereocenters. The zero-order valence-electron chi connectivity index (χ0n) is 80.2. The summed E-state index contributed by atoms with van der Waals surface area (Å²) >= 11 is 0. The predicted molar refractivity (Wildman–Crippen MR) is 522 cm³/mol. The number of carbonyl (C=O) groups excluding carboxylic acids is 14. The third-order valence-corrected chi connectivity index (χ3v) is 31.7. The molecule has 0 radical (unpaired) electrons. The largest absolute Gasteiger partial charge is 0.509 e. The van der Waals surface area contributed by atoms with E-state index in [2.05, 4.69) is 47.5 Å². The van der Waals surface area contributed by atoms with Crippen LogP contribution in [0.4, 0.5) is 9.59 Å². The van der Waals surface area contributed by atoms with Gasteiger partial charge in [-0.25, -0.2) is 19.2 Å². The molecule has 3 aliphatic carbocycles. The summed E-state index contributed by atoms with van der Waals surface area (Å²) in [5, 5.41) is 58.3. The molecule has 9 amide bonds. The van der Waals surface area contributed by atoms with E-state index >= 15 is 28.8 Å². The Kier molecular flexibility index (Phi) is 37.0. The van der Waals surface area contributed by atoms with Crippen LogP contribution in [0.15, 0.2) is 157 Å². The SMILES string of the molecule is CO[C@H]1C(=O)[C@]2(C)[C@@H](OC)C[C@H]3OC[C@@]3(OC(C)=O)[C@H]2[C@H](OC(=O)c2ccccc2)[C@]2(O)CC(OC(=O)[C@H](OC(=O)OCCSSC(C)(C)[C@H](NC(=O)[C@@H]3CSSC[C@H](NC(=O)[C@H](N)Cc4ccccc4)C(=O)N[C@@H](Cc4ccc(O)cc4)C(=O)N[C@H](Cc4c[nH]c5ccccc45)C(=O)N[C@@H](CCCCN)C(=O)N[C@@H]([C@@H](C)O)C(=O)N3)C(N)=O)[C@@H](NC(=O)OC(C)(C)C)c3ccccc3)C(C)=C1C2(C)C. The monoisotopic (exact) mass is 2010 g/mol. The number of amides is 9. The van der Waals surface area contributed by atoms with Crippen LogP contribution in [0.5, 0.6) is 5.75 Å². The van der Waals surface area contributed by atoms with Crippen molar-refractivity contribution in [2.24, 2.45) is 33.9 Å². The molecule has 11 rings (SSSR count). The van der Waals surface area contributed by atoms with Crippen LogP contribution in [-0.2, 0) is 115 Å². The lowest BCUT2D eigenvalue weighted by atomic mass is 9.44. The summed E-state index contributed by atoms with van der Waals surface area (Å²) < 4.78 is 54.0. The lowest BCUT2D eigenvalue weighted by molar-refractivity contribution is -0.347. The number of aliphatic hydroxyl groups is 2. The molecular formula is C98H126N12O26S4. The number of benzene rings is 5. The molecule has 5 aromatic carbocycles. The number of carbonyl (C=O) groups is 14. The summed E-state index contributed by atoms with van der Waals surface area (Å²) in [6.45, 7) is 15.8. The van der Waals surface area contributed by atoms with Crippen molar-refractivity contribution in [3.63, 3.8) is 0 Å². The smallest absolute Gasteiger partial charge is 0.508 e. The molecule has 18 N–H and O–H groups in total. The number of fused-ring (bicyclic) bond motifs is 6. The Labute approximate surface area is 826 Å². The predicted octanol–water partition coefficient (Wildman–Crippen LogP) is 5.91. The number of hydrogen-bond acceptors (Lipinski definition) is 32. The number of unbranched alkanes of at least 4 members (excludes halogenated alkanes) is 1. The summed E-state index contributed by atoms with van der Waals surface area (Å²) in [5.74, 6) is -14.0. The molecule has 20 atom stereocenters. The highest BCUT2D eigenvalue weighted by Gasteiger charge is 2.78. The number of rotatable bonds is 33. The fourth-order valence-electron chi connectivity index (χ4n) is 18.7. The van der Waals surface area contributed by atoms with Crippen molar-refractivity contribution in [2.45, 2.75) is 246 Å². The highest BCUT2D eigenvalue weighted by atomic mass is 33.1. The molecule has 1 aromatic heterocycles. The van der Waals surface area contributed by atoms with Crippen molar-refractivity contribution in [1.29, 1.82) is 0 Å². The number of alkyl carbamates (subject to hydrolysis) is 1. The number of H-pyrrole nitrogens is 1. The van der Waals surface area contributed by atoms with Gasteiger partial charge >= 0.3 is 30.2 Å². The summed E-state index contributed by atoms with van der Waals surface area (Å²) in [6.07, 6.45) is -12.6. The van der Waals surface area contributed by atoms with Gasteiger partial charge in [-0.05, 0) is 151 Å². The molecule has 4 fully saturated rings. The number of aromatic amines is 1. The number of ether oxygens (including phenoxy) is 9. The number of aromatic nitrogens is 1. The number of primary amides is 1. The van der Waals surface area contributed by atoms with E-state index in [0.717, 1.165) is 43.2 Å². The minimum Gasteiger partial charge on any atom is -0.508 e. The number of ketones is 1. The quantitative estimate of drug-likeness (QED) is 0.00748. The van der Waals surface area contributed by atoms with Crippen LogP contribution in [0.2, 0.25) is 0 Å². The van der Waals surface area contributed by atoms with Crippen molar-refractivity contribution in [1.82, 2.24) is 47.5 Å². The number of nitrogens with two attached hydrogens (primary N) is 3. The van der Waals surface area contributed by atoms with Crippen LogP contribution in [0.3, 0.4) is 0 Å². The van der Waals surface area contributed by atoms with E-state index in [1.807, 2.05) is 0 Å². The van der Waals surface area contributed by atoms with E-state index in [4.69, 9.17) is 59.8 Å². The van der Waals surface area contributed by atoms with E-state index in [0.29, 0.717) is 34.0 Å². The Morgan fingerprint density at radius 2 is 1.34 bits per heavy atom. The number of Topliss-reactive ketones (excluding diaryl/α,β-unsaturated/α-hetero) is 1. The van der Waals surface area contributed by atoms with Gasteiger partial charge in [0, 0.05) is 91.3 Å². The van der Waals surface area contributed by atoms with Gasteiger partial charge in [0.15, 0.2) is 11.4 Å². The Morgan fingerprint density at radius 1 is 0.721 bits per heavy atom. The van der Waals surface area contributed by atoms with E-state index in [-0.39, 0.29) is 91.2 Å². The van der Waals surface area contributed by atoms with Crippen LogP contribution < -0.4 is 59.7 Å². The van der Waals surface area contributed by atoms with E-state index in [9.17, 15) is 53.7 Å². The highest BCUT2D eigenvalue weighted by molar-refractivity contribution is 8.77. The maximum atomic E-state index is 16.2. The van der Waals surface area contributed by atoms with E-state index in [1.54, 1.807) is 146 Å². The number of phenolic OH excluding ortho intramolecular Hbond substituents is 1. The van der Waals surface area contributed by atoms with Crippen molar-refractivity contribution >= 4 is 137 Å². The fourth-order valence-corrected chi connectivity index (χ4v) is 23.5.